The Morgan fingerprint density at radius 3 is 3.07 bits per heavy atom. The Morgan fingerprint density at radius 2 is 2.47 bits per heavy atom. The number of hydrogen-bond donors (Lipinski definition) is 2. The summed E-state index contributed by atoms with van der Waals surface area (Å²) >= 11 is 0. The van der Waals surface area contributed by atoms with E-state index in [0.717, 1.165) is 32.4 Å². The molecule has 0 spiro atoms. The molecule has 1 heterocycles. The molecule has 2 unspecified atom stereocenters. The van der Waals surface area contributed by atoms with E-state index in [-0.39, 0.29) is 24.7 Å². The molecular weight excluding hydrogens is 192 g/mol. The lowest BCUT2D eigenvalue weighted by Gasteiger charge is -2.23. The van der Waals surface area contributed by atoms with E-state index in [1.54, 1.807) is 0 Å². The van der Waals surface area contributed by atoms with Crippen LogP contribution >= 0.6 is 0 Å². The smallest absolute Gasteiger partial charge is 0.246 e. The maximum Gasteiger partial charge on any atom is 0.246 e. The van der Waals surface area contributed by atoms with Crippen LogP contribution in [0.1, 0.15) is 33.1 Å². The Balaban J connectivity index is 2.10. The molecule has 2 atom stereocenters. The molecule has 0 aromatic rings. The molecule has 1 aliphatic heterocycles. The van der Waals surface area contributed by atoms with E-state index < -0.39 is 0 Å². The van der Waals surface area contributed by atoms with Crippen LogP contribution in [0.5, 0.6) is 0 Å². The van der Waals surface area contributed by atoms with Crippen molar-refractivity contribution in [3.63, 3.8) is 0 Å². The minimum Gasteiger partial charge on any atom is -0.367 e. The summed E-state index contributed by atoms with van der Waals surface area (Å²) in [6.07, 6.45) is 3.36. The van der Waals surface area contributed by atoms with Crippen molar-refractivity contribution in [1.29, 1.82) is 0 Å². The van der Waals surface area contributed by atoms with E-state index in [1.165, 1.54) is 0 Å². The van der Waals surface area contributed by atoms with E-state index in [4.69, 9.17) is 4.74 Å². The second-order valence-corrected chi connectivity index (χ2v) is 4.16. The maximum atomic E-state index is 11.4. The molecular formula is C11H22N2O2. The number of carbonyl (C=O) groups is 1. The average Bonchev–Trinajstić information content (AvgIpc) is 2.27. The predicted octanol–water partition coefficient (Wildman–Crippen LogP) is 0.670. The first-order valence-electron chi connectivity index (χ1n) is 5.84. The van der Waals surface area contributed by atoms with Crippen LogP contribution in [0.4, 0.5) is 0 Å². The first kappa shape index (κ1) is 12.5. The largest absolute Gasteiger partial charge is 0.367 e. The maximum absolute atomic E-state index is 11.4. The molecule has 1 amide bonds. The van der Waals surface area contributed by atoms with Crippen LogP contribution in [0.25, 0.3) is 0 Å². The fourth-order valence-electron chi connectivity index (χ4n) is 1.57. The molecule has 1 saturated heterocycles. The molecule has 4 heteroatoms. The third kappa shape index (κ3) is 5.14. The minimum absolute atomic E-state index is 0.00470. The summed E-state index contributed by atoms with van der Waals surface area (Å²) < 4.78 is 5.52. The quantitative estimate of drug-likeness (QED) is 0.707. The van der Waals surface area contributed by atoms with Crippen molar-refractivity contribution in [1.82, 2.24) is 10.6 Å². The van der Waals surface area contributed by atoms with Crippen molar-refractivity contribution < 1.29 is 9.53 Å². The van der Waals surface area contributed by atoms with Gasteiger partial charge in [-0.25, -0.2) is 0 Å². The van der Waals surface area contributed by atoms with Gasteiger partial charge in [0.25, 0.3) is 0 Å². The number of piperidine rings is 1. The third-order valence-electron chi connectivity index (χ3n) is 2.72. The summed E-state index contributed by atoms with van der Waals surface area (Å²) in [5, 5.41) is 6.14. The number of amides is 1. The van der Waals surface area contributed by atoms with Crippen molar-refractivity contribution in [3.8, 4) is 0 Å². The Labute approximate surface area is 91.8 Å². The lowest BCUT2D eigenvalue weighted by atomic mass is 10.1. The second kappa shape index (κ2) is 6.80. The molecule has 0 aromatic heterocycles. The van der Waals surface area contributed by atoms with Gasteiger partial charge in [0.15, 0.2) is 0 Å². The van der Waals surface area contributed by atoms with Gasteiger partial charge in [-0.05, 0) is 32.7 Å². The molecule has 2 N–H and O–H groups in total. The van der Waals surface area contributed by atoms with Gasteiger partial charge in [-0.2, -0.15) is 0 Å². The predicted molar refractivity (Wildman–Crippen MR) is 59.7 cm³/mol. The van der Waals surface area contributed by atoms with Gasteiger partial charge < -0.3 is 15.4 Å². The monoisotopic (exact) mass is 214 g/mol. The van der Waals surface area contributed by atoms with Gasteiger partial charge in [-0.3, -0.25) is 4.79 Å². The highest BCUT2D eigenvalue weighted by Crippen LogP contribution is 2.05. The fourth-order valence-corrected chi connectivity index (χ4v) is 1.57. The van der Waals surface area contributed by atoms with Crippen LogP contribution in [0.2, 0.25) is 0 Å². The molecule has 0 radical (unpaired) electrons. The number of carbonyl (C=O) groups excluding carboxylic acids is 1. The van der Waals surface area contributed by atoms with Crippen molar-refractivity contribution in [3.05, 3.63) is 0 Å². The summed E-state index contributed by atoms with van der Waals surface area (Å²) in [6.45, 7) is 6.18. The average molecular weight is 214 g/mol. The van der Waals surface area contributed by atoms with Crippen LogP contribution in [-0.2, 0) is 9.53 Å². The molecule has 4 nitrogen and oxygen atoms in total. The van der Waals surface area contributed by atoms with Gasteiger partial charge >= 0.3 is 0 Å². The van der Waals surface area contributed by atoms with Crippen LogP contribution in [-0.4, -0.2) is 37.7 Å². The zero-order chi connectivity index (χ0) is 11.1. The van der Waals surface area contributed by atoms with Crippen molar-refractivity contribution in [2.45, 2.75) is 45.3 Å². The summed E-state index contributed by atoms with van der Waals surface area (Å²) in [5.41, 5.74) is 0. The van der Waals surface area contributed by atoms with Crippen LogP contribution < -0.4 is 10.6 Å². The highest BCUT2D eigenvalue weighted by Gasteiger charge is 2.15. The van der Waals surface area contributed by atoms with E-state index in [2.05, 4.69) is 17.6 Å². The standard InChI is InChI=1S/C11H22N2O2/c1-3-9(2)13-11(14)8-15-10-5-4-6-12-7-10/h9-10,12H,3-8H2,1-2H3,(H,13,14). The molecule has 0 aliphatic carbocycles. The van der Waals surface area contributed by atoms with Crippen LogP contribution in [0, 0.1) is 0 Å². The van der Waals surface area contributed by atoms with Crippen LogP contribution in [0.15, 0.2) is 0 Å². The molecule has 15 heavy (non-hydrogen) atoms. The Kier molecular flexibility index (Phi) is 5.65. The van der Waals surface area contributed by atoms with Crippen molar-refractivity contribution in [2.24, 2.45) is 0 Å². The van der Waals surface area contributed by atoms with E-state index in [0.29, 0.717) is 0 Å². The topological polar surface area (TPSA) is 50.4 Å². The van der Waals surface area contributed by atoms with Gasteiger partial charge in [0, 0.05) is 12.6 Å². The van der Waals surface area contributed by atoms with Gasteiger partial charge in [0.2, 0.25) is 5.91 Å². The summed E-state index contributed by atoms with van der Waals surface area (Å²) in [4.78, 5) is 11.4. The highest BCUT2D eigenvalue weighted by atomic mass is 16.5. The van der Waals surface area contributed by atoms with Crippen molar-refractivity contribution >= 4 is 5.91 Å². The molecule has 1 rings (SSSR count). The Hall–Kier alpha value is -0.610. The second-order valence-electron chi connectivity index (χ2n) is 4.16. The van der Waals surface area contributed by atoms with E-state index in [1.807, 2.05) is 6.92 Å². The molecule has 1 aliphatic rings. The summed E-state index contributed by atoms with van der Waals surface area (Å²) in [7, 11) is 0. The molecule has 0 saturated carbocycles. The lowest BCUT2D eigenvalue weighted by molar-refractivity contribution is -0.128. The van der Waals surface area contributed by atoms with Crippen molar-refractivity contribution in [2.75, 3.05) is 19.7 Å². The van der Waals surface area contributed by atoms with E-state index >= 15 is 0 Å². The zero-order valence-corrected chi connectivity index (χ0v) is 9.71. The third-order valence-corrected chi connectivity index (χ3v) is 2.72. The Bertz CT molecular complexity index is 191. The van der Waals surface area contributed by atoms with E-state index in [9.17, 15) is 4.79 Å². The van der Waals surface area contributed by atoms with Gasteiger partial charge in [-0.1, -0.05) is 6.92 Å². The number of rotatable bonds is 5. The molecule has 0 bridgehead atoms. The summed E-state index contributed by atoms with van der Waals surface area (Å²) in [5.74, 6) is -0.00470. The first-order chi connectivity index (χ1) is 7.22. The molecule has 88 valence electrons. The summed E-state index contributed by atoms with van der Waals surface area (Å²) in [6, 6.07) is 0.241. The van der Waals surface area contributed by atoms with Gasteiger partial charge in [-0.15, -0.1) is 0 Å². The fraction of sp³-hybridized carbons (Fsp3) is 0.909. The zero-order valence-electron chi connectivity index (χ0n) is 9.71. The number of nitrogens with one attached hydrogen (secondary N) is 2. The Morgan fingerprint density at radius 1 is 1.67 bits per heavy atom. The SMILES string of the molecule is CCC(C)NC(=O)COC1CCCNC1. The molecule has 1 fully saturated rings. The normalized spacial score (nSPS) is 23.5. The highest BCUT2D eigenvalue weighted by molar-refractivity contribution is 5.77. The lowest BCUT2D eigenvalue weighted by Crippen LogP contribution is -2.39. The number of ether oxygens (including phenoxy) is 1. The molecule has 0 aromatic carbocycles. The first-order valence-corrected chi connectivity index (χ1v) is 5.84. The minimum atomic E-state index is -0.00470. The number of hydrogen-bond acceptors (Lipinski definition) is 3. The van der Waals surface area contributed by atoms with Gasteiger partial charge in [0.1, 0.15) is 6.61 Å². The van der Waals surface area contributed by atoms with Crippen LogP contribution in [0.3, 0.4) is 0 Å². The van der Waals surface area contributed by atoms with Gasteiger partial charge in [0.05, 0.1) is 6.10 Å².